The van der Waals surface area contributed by atoms with Crippen molar-refractivity contribution in [1.82, 2.24) is 0 Å². The van der Waals surface area contributed by atoms with Gasteiger partial charge in [-0.15, -0.1) is 0 Å². The molecule has 1 aliphatic carbocycles. The van der Waals surface area contributed by atoms with E-state index >= 15 is 0 Å². The van der Waals surface area contributed by atoms with Crippen LogP contribution in [0.2, 0.25) is 0 Å². The van der Waals surface area contributed by atoms with Gasteiger partial charge in [-0.1, -0.05) is 24.3 Å². The highest BCUT2D eigenvalue weighted by Crippen LogP contribution is 2.34. The first-order chi connectivity index (χ1) is 10.6. The molecule has 0 saturated carbocycles. The maximum Gasteiger partial charge on any atom is 0.196 e. The van der Waals surface area contributed by atoms with Gasteiger partial charge in [-0.3, -0.25) is 9.59 Å². The summed E-state index contributed by atoms with van der Waals surface area (Å²) >= 11 is 0. The first-order valence-corrected chi connectivity index (χ1v) is 6.61. The molecule has 0 atom stereocenters. The Kier molecular flexibility index (Phi) is 3.46. The van der Waals surface area contributed by atoms with E-state index in [0.29, 0.717) is 0 Å². The van der Waals surface area contributed by atoms with E-state index in [4.69, 9.17) is 5.11 Å². The minimum atomic E-state index is -1.24. The number of benzene rings is 2. The number of rotatable bonds is 3. The molecule has 0 aromatic heterocycles. The van der Waals surface area contributed by atoms with Gasteiger partial charge >= 0.3 is 0 Å². The zero-order valence-corrected chi connectivity index (χ0v) is 11.3. The standard InChI is InChI=1S/C16H11F2NO3/c17-11-7-10-12(14(13(11)18)19-5-6-20)16(22)9-4-2-1-3-8(9)15(10)21/h1-4,7,19-20H,5-6H2. The van der Waals surface area contributed by atoms with Crippen LogP contribution < -0.4 is 5.32 Å². The summed E-state index contributed by atoms with van der Waals surface area (Å²) < 4.78 is 27.7. The Labute approximate surface area is 124 Å². The van der Waals surface area contributed by atoms with Gasteiger partial charge in [0, 0.05) is 23.2 Å². The first kappa shape index (κ1) is 14.3. The molecular weight excluding hydrogens is 292 g/mol. The second-order valence-electron chi connectivity index (χ2n) is 4.82. The summed E-state index contributed by atoms with van der Waals surface area (Å²) in [6.07, 6.45) is 0. The van der Waals surface area contributed by atoms with Crippen molar-refractivity contribution >= 4 is 17.3 Å². The normalized spacial score (nSPS) is 12.9. The maximum atomic E-state index is 14.0. The van der Waals surface area contributed by atoms with Gasteiger partial charge in [-0.05, 0) is 6.07 Å². The highest BCUT2D eigenvalue weighted by Gasteiger charge is 2.34. The van der Waals surface area contributed by atoms with Gasteiger partial charge in [0.1, 0.15) is 0 Å². The molecule has 3 rings (SSSR count). The summed E-state index contributed by atoms with van der Waals surface area (Å²) in [7, 11) is 0. The SMILES string of the molecule is O=C1c2ccccc2C(=O)c2c1cc(F)c(F)c2NCCO. The zero-order valence-electron chi connectivity index (χ0n) is 11.3. The highest BCUT2D eigenvalue weighted by molar-refractivity contribution is 6.30. The van der Waals surface area contributed by atoms with E-state index in [1.165, 1.54) is 12.1 Å². The Morgan fingerprint density at radius 1 is 1.00 bits per heavy atom. The van der Waals surface area contributed by atoms with Gasteiger partial charge in [-0.25, -0.2) is 8.78 Å². The smallest absolute Gasteiger partial charge is 0.196 e. The van der Waals surface area contributed by atoms with E-state index in [1.807, 2.05) is 0 Å². The summed E-state index contributed by atoms with van der Waals surface area (Å²) in [6, 6.07) is 6.87. The van der Waals surface area contributed by atoms with Crippen LogP contribution in [0.4, 0.5) is 14.5 Å². The van der Waals surface area contributed by atoms with Crippen LogP contribution in [0.25, 0.3) is 0 Å². The third-order valence-electron chi connectivity index (χ3n) is 3.52. The van der Waals surface area contributed by atoms with Crippen LogP contribution in [-0.2, 0) is 0 Å². The monoisotopic (exact) mass is 303 g/mol. The lowest BCUT2D eigenvalue weighted by atomic mass is 9.83. The second kappa shape index (κ2) is 5.31. The summed E-state index contributed by atoms with van der Waals surface area (Å²) in [4.78, 5) is 25.0. The number of hydrogen-bond donors (Lipinski definition) is 2. The Hall–Kier alpha value is -2.60. The van der Waals surface area contributed by atoms with Crippen LogP contribution in [0.5, 0.6) is 0 Å². The van der Waals surface area contributed by atoms with Crippen molar-refractivity contribution in [3.63, 3.8) is 0 Å². The minimum absolute atomic E-state index is 0.0735. The molecule has 2 aromatic rings. The fourth-order valence-electron chi connectivity index (χ4n) is 2.55. The number of nitrogens with one attached hydrogen (secondary N) is 1. The number of carbonyl (C=O) groups excluding carboxylic acids is 2. The van der Waals surface area contributed by atoms with E-state index in [9.17, 15) is 18.4 Å². The third-order valence-corrected chi connectivity index (χ3v) is 3.52. The van der Waals surface area contributed by atoms with Gasteiger partial charge in [-0.2, -0.15) is 0 Å². The molecular formula is C16H11F2NO3. The van der Waals surface area contributed by atoms with Crippen molar-refractivity contribution < 1.29 is 23.5 Å². The van der Waals surface area contributed by atoms with E-state index in [0.717, 1.165) is 6.07 Å². The lowest BCUT2D eigenvalue weighted by Gasteiger charge is -2.21. The molecule has 4 nitrogen and oxygen atoms in total. The lowest BCUT2D eigenvalue weighted by molar-refractivity contribution is 0.0979. The number of hydrogen-bond acceptors (Lipinski definition) is 4. The Morgan fingerprint density at radius 2 is 1.64 bits per heavy atom. The van der Waals surface area contributed by atoms with Crippen molar-refractivity contribution in [2.24, 2.45) is 0 Å². The van der Waals surface area contributed by atoms with Crippen LogP contribution in [0.1, 0.15) is 31.8 Å². The fraction of sp³-hybridized carbons (Fsp3) is 0.125. The minimum Gasteiger partial charge on any atom is -0.395 e. The van der Waals surface area contributed by atoms with Crippen molar-refractivity contribution in [2.45, 2.75) is 0 Å². The summed E-state index contributed by atoms with van der Waals surface area (Å²) in [6.45, 7) is -0.403. The highest BCUT2D eigenvalue weighted by atomic mass is 19.2. The summed E-state index contributed by atoms with van der Waals surface area (Å²) in [5.41, 5.74) is -0.451. The Balaban J connectivity index is 2.28. The molecule has 0 amide bonds. The fourth-order valence-corrected chi connectivity index (χ4v) is 2.55. The van der Waals surface area contributed by atoms with Crippen molar-refractivity contribution in [3.8, 4) is 0 Å². The van der Waals surface area contributed by atoms with Crippen LogP contribution in [0, 0.1) is 11.6 Å². The van der Waals surface area contributed by atoms with Crippen LogP contribution >= 0.6 is 0 Å². The number of fused-ring (bicyclic) bond motifs is 2. The Morgan fingerprint density at radius 3 is 2.27 bits per heavy atom. The third kappa shape index (κ3) is 2.00. The second-order valence-corrected chi connectivity index (χ2v) is 4.82. The predicted octanol–water partition coefficient (Wildman–Crippen LogP) is 2.14. The molecule has 112 valence electrons. The van der Waals surface area contributed by atoms with Crippen molar-refractivity contribution in [2.75, 3.05) is 18.5 Å². The molecule has 0 saturated heterocycles. The maximum absolute atomic E-state index is 14.0. The molecule has 0 unspecified atom stereocenters. The number of aliphatic hydroxyl groups excluding tert-OH is 1. The number of halogens is 2. The molecule has 6 heteroatoms. The molecule has 2 aromatic carbocycles. The summed E-state index contributed by atoms with van der Waals surface area (Å²) in [5.74, 6) is -3.55. The van der Waals surface area contributed by atoms with Gasteiger partial charge in [0.25, 0.3) is 0 Å². The Bertz CT molecular complexity index is 802. The molecule has 0 radical (unpaired) electrons. The predicted molar refractivity (Wildman–Crippen MR) is 75.2 cm³/mol. The molecule has 0 heterocycles. The van der Waals surface area contributed by atoms with Crippen LogP contribution in [-0.4, -0.2) is 29.8 Å². The molecule has 2 N–H and O–H groups in total. The lowest BCUT2D eigenvalue weighted by Crippen LogP contribution is -2.24. The average molecular weight is 303 g/mol. The van der Waals surface area contributed by atoms with E-state index in [1.54, 1.807) is 12.1 Å². The largest absolute Gasteiger partial charge is 0.395 e. The topological polar surface area (TPSA) is 66.4 Å². The van der Waals surface area contributed by atoms with Gasteiger partial charge in [0.15, 0.2) is 23.2 Å². The number of carbonyl (C=O) groups is 2. The summed E-state index contributed by atoms with van der Waals surface area (Å²) in [5, 5.41) is 11.3. The van der Waals surface area contributed by atoms with Crippen molar-refractivity contribution in [3.05, 3.63) is 64.2 Å². The van der Waals surface area contributed by atoms with Gasteiger partial charge in [0.05, 0.1) is 17.9 Å². The number of anilines is 1. The average Bonchev–Trinajstić information content (AvgIpc) is 2.53. The van der Waals surface area contributed by atoms with Crippen LogP contribution in [0.15, 0.2) is 30.3 Å². The van der Waals surface area contributed by atoms with E-state index in [-0.39, 0.29) is 35.4 Å². The molecule has 0 aliphatic heterocycles. The van der Waals surface area contributed by atoms with E-state index < -0.39 is 28.9 Å². The quantitative estimate of drug-likeness (QED) is 0.778. The number of ketones is 2. The van der Waals surface area contributed by atoms with Crippen LogP contribution in [0.3, 0.4) is 0 Å². The molecule has 1 aliphatic rings. The number of aliphatic hydroxyl groups is 1. The molecule has 22 heavy (non-hydrogen) atoms. The first-order valence-electron chi connectivity index (χ1n) is 6.61. The molecule has 0 fully saturated rings. The van der Waals surface area contributed by atoms with Gasteiger partial charge < -0.3 is 10.4 Å². The molecule has 0 spiro atoms. The molecule has 0 bridgehead atoms. The zero-order chi connectivity index (χ0) is 15.9. The van der Waals surface area contributed by atoms with Gasteiger partial charge in [0.2, 0.25) is 0 Å². The van der Waals surface area contributed by atoms with Crippen molar-refractivity contribution in [1.29, 1.82) is 0 Å². The van der Waals surface area contributed by atoms with E-state index in [2.05, 4.69) is 5.32 Å².